The molecule has 0 atom stereocenters. The molecule has 1 aromatic heterocycles. The second-order valence-electron chi connectivity index (χ2n) is 9.41. The second-order valence-corrected chi connectivity index (χ2v) is 9.41. The molecule has 3 N–H and O–H groups in total. The zero-order valence-corrected chi connectivity index (χ0v) is 21.7. The van der Waals surface area contributed by atoms with Gasteiger partial charge in [0.15, 0.2) is 11.4 Å². The van der Waals surface area contributed by atoms with Gasteiger partial charge in [-0.3, -0.25) is 4.57 Å². The molecule has 0 aliphatic rings. The first kappa shape index (κ1) is 27.4. The Balaban J connectivity index is 1.63. The number of fused-ring (bicyclic) bond motifs is 1. The molecule has 41 heavy (non-hydrogen) atoms. The maximum absolute atomic E-state index is 13.6. The third kappa shape index (κ3) is 5.36. The molecule has 5 rings (SSSR count). The summed E-state index contributed by atoms with van der Waals surface area (Å²) in [5.74, 6) is -1.87. The number of carbonyl (C=O) groups is 1. The molecule has 0 amide bonds. The van der Waals surface area contributed by atoms with E-state index >= 15 is 0 Å². The SMILES string of the molecule is CCCc1ccc(-n2c(O)c(N=Nc3cccc(-c4cccc(C(=O)O)c4)c3O)c3cc(C(F)(F)F)ccc32)cc1. The van der Waals surface area contributed by atoms with E-state index in [1.807, 2.05) is 12.1 Å². The van der Waals surface area contributed by atoms with Crippen LogP contribution in [0.25, 0.3) is 27.7 Å². The van der Waals surface area contributed by atoms with Gasteiger partial charge in [0.25, 0.3) is 0 Å². The van der Waals surface area contributed by atoms with Gasteiger partial charge >= 0.3 is 12.1 Å². The zero-order valence-electron chi connectivity index (χ0n) is 21.7. The molecule has 0 bridgehead atoms. The number of aromatic carboxylic acids is 1. The number of nitrogens with zero attached hydrogens (tertiary/aromatic N) is 3. The number of aromatic hydroxyl groups is 2. The van der Waals surface area contributed by atoms with E-state index in [2.05, 4.69) is 17.2 Å². The lowest BCUT2D eigenvalue weighted by Crippen LogP contribution is -2.04. The summed E-state index contributed by atoms with van der Waals surface area (Å²) in [6.07, 6.45) is -2.82. The van der Waals surface area contributed by atoms with Crippen molar-refractivity contribution in [2.75, 3.05) is 0 Å². The average Bonchev–Trinajstić information content (AvgIpc) is 3.23. The van der Waals surface area contributed by atoms with Crippen molar-refractivity contribution in [2.45, 2.75) is 25.9 Å². The fraction of sp³-hybridized carbons (Fsp3) is 0.129. The summed E-state index contributed by atoms with van der Waals surface area (Å²) in [5, 5.41) is 39.6. The molecular formula is C31H24F3N3O4. The highest BCUT2D eigenvalue weighted by Gasteiger charge is 2.32. The number of azo groups is 1. The number of phenolic OH excluding ortho intramolecular Hbond substituents is 1. The van der Waals surface area contributed by atoms with Gasteiger partial charge in [-0.05, 0) is 66.1 Å². The first-order valence-corrected chi connectivity index (χ1v) is 12.7. The molecule has 5 aromatic rings. The highest BCUT2D eigenvalue weighted by molar-refractivity contribution is 5.97. The maximum atomic E-state index is 13.6. The van der Waals surface area contributed by atoms with Gasteiger partial charge in [-0.1, -0.05) is 49.7 Å². The fourth-order valence-electron chi connectivity index (χ4n) is 4.67. The molecule has 208 valence electrons. The van der Waals surface area contributed by atoms with Gasteiger partial charge in [-0.15, -0.1) is 10.2 Å². The van der Waals surface area contributed by atoms with E-state index in [0.717, 1.165) is 30.5 Å². The van der Waals surface area contributed by atoms with Gasteiger partial charge in [0.05, 0.1) is 16.6 Å². The number of aryl methyl sites for hydroxylation is 1. The van der Waals surface area contributed by atoms with E-state index in [1.54, 1.807) is 30.3 Å². The number of rotatable bonds is 7. The maximum Gasteiger partial charge on any atom is 0.416 e. The van der Waals surface area contributed by atoms with Crippen LogP contribution in [0.3, 0.4) is 0 Å². The van der Waals surface area contributed by atoms with Crippen LogP contribution in [0, 0.1) is 0 Å². The molecule has 7 nitrogen and oxygen atoms in total. The minimum atomic E-state index is -4.63. The molecule has 0 saturated heterocycles. The minimum Gasteiger partial charge on any atom is -0.505 e. The monoisotopic (exact) mass is 559 g/mol. The zero-order chi connectivity index (χ0) is 29.3. The number of carboxylic acid groups (broad SMARTS) is 1. The molecule has 10 heteroatoms. The number of hydrogen-bond acceptors (Lipinski definition) is 5. The normalized spacial score (nSPS) is 11.9. The van der Waals surface area contributed by atoms with Crippen molar-refractivity contribution >= 4 is 28.2 Å². The third-order valence-electron chi connectivity index (χ3n) is 6.67. The van der Waals surface area contributed by atoms with Crippen molar-refractivity contribution in [2.24, 2.45) is 10.2 Å². The van der Waals surface area contributed by atoms with Crippen LogP contribution in [-0.2, 0) is 12.6 Å². The molecular weight excluding hydrogens is 535 g/mol. The fourth-order valence-corrected chi connectivity index (χ4v) is 4.67. The Morgan fingerprint density at radius 3 is 2.32 bits per heavy atom. The summed E-state index contributed by atoms with van der Waals surface area (Å²) in [4.78, 5) is 11.4. The van der Waals surface area contributed by atoms with Crippen LogP contribution in [0.1, 0.15) is 34.8 Å². The van der Waals surface area contributed by atoms with Crippen LogP contribution in [0.15, 0.2) is 95.2 Å². The van der Waals surface area contributed by atoms with Gasteiger partial charge < -0.3 is 15.3 Å². The number of benzene rings is 4. The first-order chi connectivity index (χ1) is 19.6. The Bertz CT molecular complexity index is 1790. The van der Waals surface area contributed by atoms with Crippen LogP contribution in [0.2, 0.25) is 0 Å². The highest BCUT2D eigenvalue weighted by atomic mass is 19.4. The van der Waals surface area contributed by atoms with Crippen LogP contribution < -0.4 is 0 Å². The van der Waals surface area contributed by atoms with Gasteiger partial charge in [0.2, 0.25) is 5.88 Å². The number of aromatic nitrogens is 1. The number of carboxylic acids is 1. The van der Waals surface area contributed by atoms with E-state index in [1.165, 1.54) is 34.9 Å². The molecule has 4 aromatic carbocycles. The first-order valence-electron chi connectivity index (χ1n) is 12.7. The summed E-state index contributed by atoms with van der Waals surface area (Å²) in [7, 11) is 0. The van der Waals surface area contributed by atoms with E-state index < -0.39 is 23.6 Å². The molecule has 0 aliphatic heterocycles. The summed E-state index contributed by atoms with van der Waals surface area (Å²) >= 11 is 0. The van der Waals surface area contributed by atoms with Crippen molar-refractivity contribution in [3.05, 3.63) is 102 Å². The summed E-state index contributed by atoms with van der Waals surface area (Å²) < 4.78 is 42.2. The van der Waals surface area contributed by atoms with Crippen LogP contribution in [0.4, 0.5) is 24.5 Å². The minimum absolute atomic E-state index is 0.0171. The van der Waals surface area contributed by atoms with Crippen molar-refractivity contribution in [3.63, 3.8) is 0 Å². The lowest BCUT2D eigenvalue weighted by atomic mass is 10.0. The van der Waals surface area contributed by atoms with E-state index in [-0.39, 0.29) is 39.2 Å². The van der Waals surface area contributed by atoms with Crippen molar-refractivity contribution < 1.29 is 33.3 Å². The van der Waals surface area contributed by atoms with E-state index in [0.29, 0.717) is 11.3 Å². The number of halogens is 3. The lowest BCUT2D eigenvalue weighted by Gasteiger charge is -2.09. The summed E-state index contributed by atoms with van der Waals surface area (Å²) in [6, 6.07) is 20.9. The van der Waals surface area contributed by atoms with Crippen LogP contribution >= 0.6 is 0 Å². The third-order valence-corrected chi connectivity index (χ3v) is 6.67. The lowest BCUT2D eigenvalue weighted by molar-refractivity contribution is -0.137. The van der Waals surface area contributed by atoms with Gasteiger partial charge in [0, 0.05) is 16.6 Å². The number of para-hydroxylation sites is 1. The molecule has 0 radical (unpaired) electrons. The van der Waals surface area contributed by atoms with Crippen molar-refractivity contribution in [1.29, 1.82) is 0 Å². The predicted octanol–water partition coefficient (Wildman–Crippen LogP) is 8.79. The van der Waals surface area contributed by atoms with Gasteiger partial charge in [-0.2, -0.15) is 13.2 Å². The van der Waals surface area contributed by atoms with E-state index in [9.17, 15) is 33.3 Å². The smallest absolute Gasteiger partial charge is 0.416 e. The van der Waals surface area contributed by atoms with Gasteiger partial charge in [-0.25, -0.2) is 4.79 Å². The number of hydrogen-bond donors (Lipinski definition) is 3. The quantitative estimate of drug-likeness (QED) is 0.173. The number of alkyl halides is 3. The molecule has 0 spiro atoms. The van der Waals surface area contributed by atoms with Crippen LogP contribution in [-0.4, -0.2) is 25.9 Å². The Kier molecular flexibility index (Phi) is 7.23. The molecule has 0 saturated carbocycles. The predicted molar refractivity (Wildman–Crippen MR) is 149 cm³/mol. The van der Waals surface area contributed by atoms with Gasteiger partial charge in [0.1, 0.15) is 5.69 Å². The van der Waals surface area contributed by atoms with Crippen molar-refractivity contribution in [3.8, 4) is 28.4 Å². The Hall–Kier alpha value is -5.12. The van der Waals surface area contributed by atoms with E-state index in [4.69, 9.17) is 0 Å². The van der Waals surface area contributed by atoms with Crippen LogP contribution in [0.5, 0.6) is 11.6 Å². The number of phenols is 1. The highest BCUT2D eigenvalue weighted by Crippen LogP contribution is 2.45. The summed E-state index contributed by atoms with van der Waals surface area (Å²) in [5.41, 5.74) is 1.46. The molecule has 1 heterocycles. The van der Waals surface area contributed by atoms with Crippen molar-refractivity contribution in [1.82, 2.24) is 4.57 Å². The summed E-state index contributed by atoms with van der Waals surface area (Å²) in [6.45, 7) is 2.05. The molecule has 0 aliphatic carbocycles. The molecule has 0 fully saturated rings. The molecule has 0 unspecified atom stereocenters. The Labute approximate surface area is 232 Å². The topological polar surface area (TPSA) is 107 Å². The Morgan fingerprint density at radius 1 is 0.902 bits per heavy atom. The average molecular weight is 560 g/mol. The second kappa shape index (κ2) is 10.8. The Morgan fingerprint density at radius 2 is 1.63 bits per heavy atom. The standard InChI is InChI=1S/C31H24F3N3O4/c1-2-5-18-10-13-22(14-11-18)37-26-15-12-21(31(32,33)34)17-24(26)27(29(37)39)36-35-25-9-4-8-23(28(25)38)19-6-3-7-20(16-19)30(40)41/h3-4,6-17,38-39H,2,5H2,1H3,(H,40,41). The largest absolute Gasteiger partial charge is 0.505 e.